The van der Waals surface area contributed by atoms with E-state index in [1.165, 1.54) is 4.90 Å². The van der Waals surface area contributed by atoms with Crippen LogP contribution >= 0.6 is 0 Å². The van der Waals surface area contributed by atoms with Gasteiger partial charge in [0.1, 0.15) is 11.9 Å². The fourth-order valence-corrected chi connectivity index (χ4v) is 1.52. The molecule has 0 radical (unpaired) electrons. The molecule has 9 nitrogen and oxygen atoms in total. The van der Waals surface area contributed by atoms with Crippen LogP contribution in [0.4, 0.5) is 11.9 Å². The molecule has 1 unspecified atom stereocenters. The normalized spacial score (nSPS) is 11.5. The van der Waals surface area contributed by atoms with Crippen molar-refractivity contribution in [2.75, 3.05) is 45.5 Å². The van der Waals surface area contributed by atoms with Crippen LogP contribution in [0.3, 0.4) is 0 Å². The second kappa shape index (κ2) is 7.53. The number of amides is 2. The molecule has 0 saturated heterocycles. The third-order valence-corrected chi connectivity index (χ3v) is 2.86. The highest BCUT2D eigenvalue weighted by molar-refractivity contribution is 5.83. The fraction of sp³-hybridized carbons (Fsp3) is 0.615. The van der Waals surface area contributed by atoms with Crippen LogP contribution in [0.5, 0.6) is 0 Å². The van der Waals surface area contributed by atoms with Crippen molar-refractivity contribution in [2.24, 2.45) is 0 Å². The minimum atomic E-state index is -0.500. The van der Waals surface area contributed by atoms with Gasteiger partial charge in [0, 0.05) is 35.2 Å². The monoisotopic (exact) mass is 309 g/mol. The van der Waals surface area contributed by atoms with Crippen molar-refractivity contribution in [3.63, 3.8) is 0 Å². The van der Waals surface area contributed by atoms with Gasteiger partial charge in [-0.2, -0.15) is 15.0 Å². The zero-order valence-electron chi connectivity index (χ0n) is 13.8. The molecule has 0 fully saturated rings. The molecule has 2 amide bonds. The number of carbonyl (C=O) groups is 2. The average molecular weight is 309 g/mol. The Hall–Kier alpha value is -2.45. The largest absolute Gasteiger partial charge is 0.357 e. The number of hydrogen-bond donors (Lipinski definition) is 2. The van der Waals surface area contributed by atoms with E-state index in [0.29, 0.717) is 11.8 Å². The number of anilines is 2. The van der Waals surface area contributed by atoms with Gasteiger partial charge in [0.15, 0.2) is 0 Å². The quantitative estimate of drug-likeness (QED) is 0.703. The van der Waals surface area contributed by atoms with Gasteiger partial charge in [-0.15, -0.1) is 0 Å². The van der Waals surface area contributed by atoms with Crippen molar-refractivity contribution in [2.45, 2.75) is 19.4 Å². The molecule has 0 bridgehead atoms. The van der Waals surface area contributed by atoms with Gasteiger partial charge in [0.05, 0.1) is 6.42 Å². The summed E-state index contributed by atoms with van der Waals surface area (Å²) in [6, 6.07) is -0.500. The number of hydrogen-bond acceptors (Lipinski definition) is 7. The first-order valence-electron chi connectivity index (χ1n) is 6.85. The van der Waals surface area contributed by atoms with E-state index in [4.69, 9.17) is 0 Å². The van der Waals surface area contributed by atoms with Gasteiger partial charge in [0.25, 0.3) is 0 Å². The average Bonchev–Trinajstić information content (AvgIpc) is 2.45. The first-order valence-corrected chi connectivity index (χ1v) is 6.85. The van der Waals surface area contributed by atoms with E-state index in [1.807, 2.05) is 0 Å². The zero-order chi connectivity index (χ0) is 16.9. The summed E-state index contributed by atoms with van der Waals surface area (Å²) in [6.45, 7) is 1.70. The fourth-order valence-electron chi connectivity index (χ4n) is 1.52. The highest BCUT2D eigenvalue weighted by Gasteiger charge is 2.16. The van der Waals surface area contributed by atoms with Crippen LogP contribution in [-0.2, 0) is 16.0 Å². The van der Waals surface area contributed by atoms with E-state index in [9.17, 15) is 9.59 Å². The molecule has 0 aliphatic heterocycles. The lowest BCUT2D eigenvalue weighted by Crippen LogP contribution is -2.36. The Labute approximate surface area is 130 Å². The molecule has 1 aromatic rings. The molecule has 0 aliphatic rings. The molecule has 2 N–H and O–H groups in total. The summed E-state index contributed by atoms with van der Waals surface area (Å²) in [6.07, 6.45) is 0.0688. The van der Waals surface area contributed by atoms with E-state index in [1.54, 1.807) is 47.1 Å². The van der Waals surface area contributed by atoms with Gasteiger partial charge in [-0.25, -0.2) is 0 Å². The van der Waals surface area contributed by atoms with E-state index < -0.39 is 6.04 Å². The number of aromatic nitrogens is 3. The first-order chi connectivity index (χ1) is 10.2. The maximum atomic E-state index is 11.8. The number of carbonyl (C=O) groups excluding carboxylic acids is 2. The minimum Gasteiger partial charge on any atom is -0.357 e. The maximum Gasteiger partial charge on any atom is 0.242 e. The summed E-state index contributed by atoms with van der Waals surface area (Å²) < 4.78 is 0. The first kappa shape index (κ1) is 17.6. The van der Waals surface area contributed by atoms with Gasteiger partial charge in [0.2, 0.25) is 23.7 Å². The molecule has 1 aromatic heterocycles. The van der Waals surface area contributed by atoms with Crippen LogP contribution in [0.15, 0.2) is 0 Å². The molecule has 1 atom stereocenters. The smallest absolute Gasteiger partial charge is 0.242 e. The van der Waals surface area contributed by atoms with Crippen molar-refractivity contribution < 1.29 is 9.59 Å². The zero-order valence-corrected chi connectivity index (χ0v) is 13.8. The van der Waals surface area contributed by atoms with E-state index in [0.717, 1.165) is 0 Å². The van der Waals surface area contributed by atoms with Gasteiger partial charge in [-0.3, -0.25) is 9.59 Å². The van der Waals surface area contributed by atoms with E-state index in [-0.39, 0.29) is 24.2 Å². The third-order valence-electron chi connectivity index (χ3n) is 2.86. The van der Waals surface area contributed by atoms with Crippen LogP contribution in [0.25, 0.3) is 0 Å². The number of nitrogens with zero attached hydrogens (tertiary/aromatic N) is 5. The maximum absolute atomic E-state index is 11.8. The second-order valence-electron chi connectivity index (χ2n) is 5.21. The van der Waals surface area contributed by atoms with Gasteiger partial charge in [-0.05, 0) is 6.92 Å². The van der Waals surface area contributed by atoms with Crippen LogP contribution < -0.4 is 15.5 Å². The lowest BCUT2D eigenvalue weighted by atomic mass is 10.3. The summed E-state index contributed by atoms with van der Waals surface area (Å²) in [5.74, 6) is 0.738. The molecule has 22 heavy (non-hydrogen) atoms. The SMILES string of the molecule is CNC(=O)C(C)Nc1nc(CC(=O)N(C)C)nc(N(C)C)n1. The molecule has 9 heteroatoms. The Morgan fingerprint density at radius 2 is 1.77 bits per heavy atom. The predicted molar refractivity (Wildman–Crippen MR) is 83.7 cm³/mol. The van der Waals surface area contributed by atoms with Crippen molar-refractivity contribution >= 4 is 23.7 Å². The molecule has 122 valence electrons. The molecule has 1 heterocycles. The summed E-state index contributed by atoms with van der Waals surface area (Å²) in [5, 5.41) is 5.45. The molecule has 0 saturated carbocycles. The minimum absolute atomic E-state index is 0.0688. The lowest BCUT2D eigenvalue weighted by Gasteiger charge is -2.16. The number of nitrogens with one attached hydrogen (secondary N) is 2. The summed E-state index contributed by atoms with van der Waals surface area (Å²) >= 11 is 0. The van der Waals surface area contributed by atoms with Crippen molar-refractivity contribution in [1.29, 1.82) is 0 Å². The summed E-state index contributed by atoms with van der Waals surface area (Å²) in [4.78, 5) is 39.2. The van der Waals surface area contributed by atoms with E-state index in [2.05, 4.69) is 25.6 Å². The molecular formula is C13H23N7O2. The lowest BCUT2D eigenvalue weighted by molar-refractivity contribution is -0.128. The van der Waals surface area contributed by atoms with Crippen molar-refractivity contribution in [3.8, 4) is 0 Å². The second-order valence-corrected chi connectivity index (χ2v) is 5.21. The Morgan fingerprint density at radius 3 is 2.27 bits per heavy atom. The Morgan fingerprint density at radius 1 is 1.14 bits per heavy atom. The molecule has 0 aliphatic carbocycles. The van der Waals surface area contributed by atoms with Crippen LogP contribution in [0.2, 0.25) is 0 Å². The van der Waals surface area contributed by atoms with Crippen molar-refractivity contribution in [3.05, 3.63) is 5.82 Å². The molecule has 1 rings (SSSR count). The highest BCUT2D eigenvalue weighted by Crippen LogP contribution is 2.10. The summed E-state index contributed by atoms with van der Waals surface area (Å²) in [5.41, 5.74) is 0. The van der Waals surface area contributed by atoms with Gasteiger partial charge < -0.3 is 20.4 Å². The standard InChI is InChI=1S/C13H23N7O2/c1-8(11(22)14-2)15-12-16-9(7-10(21)19(3)4)17-13(18-12)20(5)6/h8H,7H2,1-6H3,(H,14,22)(H,15,16,17,18). The van der Waals surface area contributed by atoms with E-state index >= 15 is 0 Å². The Balaban J connectivity index is 3.04. The summed E-state index contributed by atoms with van der Waals surface area (Å²) in [7, 11) is 8.48. The Kier molecular flexibility index (Phi) is 6.02. The predicted octanol–water partition coefficient (Wildman–Crippen LogP) is -0.885. The van der Waals surface area contributed by atoms with Gasteiger partial charge >= 0.3 is 0 Å². The van der Waals surface area contributed by atoms with Gasteiger partial charge in [-0.1, -0.05) is 0 Å². The molecule has 0 spiro atoms. The number of rotatable bonds is 6. The van der Waals surface area contributed by atoms with Crippen molar-refractivity contribution in [1.82, 2.24) is 25.2 Å². The molecular weight excluding hydrogens is 286 g/mol. The van der Waals surface area contributed by atoms with Crippen LogP contribution in [-0.4, -0.2) is 72.9 Å². The third kappa shape index (κ3) is 4.83. The van der Waals surface area contributed by atoms with Crippen LogP contribution in [0.1, 0.15) is 12.7 Å². The Bertz CT molecular complexity index is 545. The topological polar surface area (TPSA) is 103 Å². The number of likely N-dealkylation sites (N-methyl/N-ethyl adjacent to an activating group) is 2. The van der Waals surface area contributed by atoms with Crippen LogP contribution in [0, 0.1) is 0 Å². The highest BCUT2D eigenvalue weighted by atomic mass is 16.2. The molecule has 0 aromatic carbocycles.